The fraction of sp³-hybridized carbons (Fsp3) is 0.400. The van der Waals surface area contributed by atoms with Crippen molar-refractivity contribution in [1.29, 1.82) is 0 Å². The number of nitrogens with zero attached hydrogens (tertiary/aromatic N) is 4. The van der Waals surface area contributed by atoms with Crippen molar-refractivity contribution in [2.45, 2.75) is 20.3 Å². The lowest BCUT2D eigenvalue weighted by Gasteiger charge is -1.99. The molecule has 0 aromatic carbocycles. The molecule has 0 unspecified atom stereocenters. The van der Waals surface area contributed by atoms with E-state index < -0.39 is 0 Å². The number of hydrogen-bond donors (Lipinski definition) is 0. The number of aryl methyl sites for hydroxylation is 2. The second-order valence-corrected chi connectivity index (χ2v) is 4.37. The summed E-state index contributed by atoms with van der Waals surface area (Å²) < 4.78 is 14.2. The Kier molecular flexibility index (Phi) is 8.16. The summed E-state index contributed by atoms with van der Waals surface area (Å²) in [5.41, 5.74) is 0.766. The smallest absolute Gasteiger partial charge is 0.330 e. The Balaban J connectivity index is 0.000000241. The molecular weight excluding hydrogens is 300 g/mol. The molecule has 0 amide bonds. The van der Waals surface area contributed by atoms with Crippen LogP contribution < -0.4 is 0 Å². The van der Waals surface area contributed by atoms with Crippen LogP contribution in [0.15, 0.2) is 29.6 Å². The van der Waals surface area contributed by atoms with Crippen LogP contribution in [0.25, 0.3) is 11.4 Å². The van der Waals surface area contributed by atoms with Crippen LogP contribution in [0.2, 0.25) is 0 Å². The third kappa shape index (κ3) is 7.28. The van der Waals surface area contributed by atoms with Gasteiger partial charge in [0.2, 0.25) is 11.7 Å². The van der Waals surface area contributed by atoms with Crippen LogP contribution in [0.1, 0.15) is 18.1 Å². The average Bonchev–Trinajstić information content (AvgIpc) is 2.99. The minimum Gasteiger partial charge on any atom is -0.462 e. The highest BCUT2D eigenvalue weighted by Gasteiger charge is 2.05. The van der Waals surface area contributed by atoms with Gasteiger partial charge >= 0.3 is 5.97 Å². The summed E-state index contributed by atoms with van der Waals surface area (Å²) in [6, 6.07) is 0. The molecule has 0 saturated heterocycles. The van der Waals surface area contributed by atoms with Gasteiger partial charge in [0, 0.05) is 45.5 Å². The van der Waals surface area contributed by atoms with E-state index in [0.717, 1.165) is 23.9 Å². The van der Waals surface area contributed by atoms with Gasteiger partial charge in [-0.2, -0.15) is 4.98 Å². The molecule has 23 heavy (non-hydrogen) atoms. The second-order valence-electron chi connectivity index (χ2n) is 4.37. The van der Waals surface area contributed by atoms with E-state index in [9.17, 15) is 4.79 Å². The normalized spacial score (nSPS) is 9.70. The average molecular weight is 320 g/mol. The van der Waals surface area contributed by atoms with Gasteiger partial charge in [0.25, 0.3) is 0 Å². The molecule has 0 fully saturated rings. The van der Waals surface area contributed by atoms with Crippen LogP contribution in [0.5, 0.6) is 0 Å². The fourth-order valence-corrected chi connectivity index (χ4v) is 1.36. The number of ether oxygens (including phenoxy) is 2. The first-order valence-electron chi connectivity index (χ1n) is 6.94. The lowest BCUT2D eigenvalue weighted by Crippen LogP contribution is -2.03. The maximum atomic E-state index is 10.4. The molecule has 0 aliphatic rings. The topological polar surface area (TPSA) is 100 Å². The van der Waals surface area contributed by atoms with E-state index >= 15 is 0 Å². The molecule has 0 aliphatic heterocycles. The summed E-state index contributed by atoms with van der Waals surface area (Å²) in [6.45, 7) is 7.84. The van der Waals surface area contributed by atoms with Crippen molar-refractivity contribution in [3.05, 3.63) is 36.8 Å². The van der Waals surface area contributed by atoms with E-state index in [1.54, 1.807) is 26.4 Å². The maximum absolute atomic E-state index is 10.4. The van der Waals surface area contributed by atoms with E-state index in [-0.39, 0.29) is 5.97 Å². The minimum absolute atomic E-state index is 0.379. The molecule has 2 rings (SSSR count). The standard InChI is InChI=1S/C8H8N4O.C7H12O3/c1-5-9-3-7(4-10-5)8-11-6(2)13-12-8;1-3-7(8)10-6-4-5-9-2/h3-4H,1-2H3;3H,1,4-6H2,2H3. The van der Waals surface area contributed by atoms with Gasteiger partial charge in [-0.05, 0) is 6.92 Å². The number of esters is 1. The molecule has 0 atom stereocenters. The summed E-state index contributed by atoms with van der Waals surface area (Å²) in [6.07, 6.45) is 5.22. The highest BCUT2D eigenvalue weighted by atomic mass is 16.5. The molecule has 8 heteroatoms. The van der Waals surface area contributed by atoms with Crippen LogP contribution in [-0.2, 0) is 14.3 Å². The van der Waals surface area contributed by atoms with Crippen LogP contribution >= 0.6 is 0 Å². The molecule has 2 aromatic heterocycles. The number of hydrogen-bond acceptors (Lipinski definition) is 8. The minimum atomic E-state index is -0.379. The quantitative estimate of drug-likeness (QED) is 0.452. The summed E-state index contributed by atoms with van der Waals surface area (Å²) in [5, 5.41) is 3.75. The Labute approximate surface area is 134 Å². The zero-order chi connectivity index (χ0) is 17.1. The molecule has 0 spiro atoms. The molecular formula is C15H20N4O4. The fourth-order valence-electron chi connectivity index (χ4n) is 1.36. The van der Waals surface area contributed by atoms with Crippen molar-refractivity contribution in [2.75, 3.05) is 20.3 Å². The van der Waals surface area contributed by atoms with Crippen LogP contribution in [-0.4, -0.2) is 46.4 Å². The highest BCUT2D eigenvalue weighted by molar-refractivity contribution is 5.81. The predicted molar refractivity (Wildman–Crippen MR) is 82.4 cm³/mol. The Morgan fingerprint density at radius 3 is 2.52 bits per heavy atom. The van der Waals surface area contributed by atoms with Gasteiger partial charge in [0.15, 0.2) is 0 Å². The zero-order valence-electron chi connectivity index (χ0n) is 13.5. The van der Waals surface area contributed by atoms with Gasteiger partial charge in [-0.1, -0.05) is 11.7 Å². The van der Waals surface area contributed by atoms with Crippen LogP contribution in [0, 0.1) is 13.8 Å². The van der Waals surface area contributed by atoms with E-state index in [2.05, 4.69) is 31.4 Å². The van der Waals surface area contributed by atoms with E-state index in [4.69, 9.17) is 9.26 Å². The van der Waals surface area contributed by atoms with Crippen molar-refractivity contribution in [3.8, 4) is 11.4 Å². The first kappa shape index (κ1) is 18.4. The zero-order valence-corrected chi connectivity index (χ0v) is 13.5. The Morgan fingerprint density at radius 2 is 2.00 bits per heavy atom. The molecule has 0 aliphatic carbocycles. The van der Waals surface area contributed by atoms with Crippen molar-refractivity contribution in [1.82, 2.24) is 20.1 Å². The van der Waals surface area contributed by atoms with Gasteiger partial charge in [0.1, 0.15) is 5.82 Å². The summed E-state index contributed by atoms with van der Waals surface area (Å²) in [4.78, 5) is 22.5. The number of methoxy groups -OCH3 is 1. The first-order chi connectivity index (χ1) is 11.1. The highest BCUT2D eigenvalue weighted by Crippen LogP contribution is 2.12. The first-order valence-corrected chi connectivity index (χ1v) is 6.94. The Hall–Kier alpha value is -2.61. The number of aromatic nitrogens is 4. The maximum Gasteiger partial charge on any atom is 0.330 e. The summed E-state index contributed by atoms with van der Waals surface area (Å²) >= 11 is 0. The molecule has 2 aromatic rings. The van der Waals surface area contributed by atoms with Gasteiger partial charge in [-0.3, -0.25) is 0 Å². The Bertz CT molecular complexity index is 610. The van der Waals surface area contributed by atoms with Gasteiger partial charge in [-0.15, -0.1) is 0 Å². The van der Waals surface area contributed by atoms with Crippen LogP contribution in [0.3, 0.4) is 0 Å². The molecule has 0 bridgehead atoms. The SMILES string of the molecule is C=CC(=O)OCCCOC.Cc1ncc(-c2noc(C)n2)cn1. The van der Waals surface area contributed by atoms with Crippen molar-refractivity contribution >= 4 is 5.97 Å². The lowest BCUT2D eigenvalue weighted by molar-refractivity contribution is -0.138. The number of rotatable bonds is 6. The van der Waals surface area contributed by atoms with Crippen molar-refractivity contribution in [3.63, 3.8) is 0 Å². The molecule has 124 valence electrons. The lowest BCUT2D eigenvalue weighted by atomic mass is 10.3. The second kappa shape index (κ2) is 10.2. The van der Waals surface area contributed by atoms with Crippen molar-refractivity contribution in [2.24, 2.45) is 0 Å². The van der Waals surface area contributed by atoms with Crippen LogP contribution in [0.4, 0.5) is 0 Å². The largest absolute Gasteiger partial charge is 0.462 e. The van der Waals surface area contributed by atoms with Gasteiger partial charge < -0.3 is 14.0 Å². The Morgan fingerprint density at radius 1 is 1.30 bits per heavy atom. The third-order valence-corrected chi connectivity index (χ3v) is 2.47. The summed E-state index contributed by atoms with van der Waals surface area (Å²) in [7, 11) is 1.61. The van der Waals surface area contributed by atoms with Gasteiger partial charge in [0.05, 0.1) is 12.2 Å². The third-order valence-electron chi connectivity index (χ3n) is 2.47. The monoisotopic (exact) mass is 320 g/mol. The number of carbonyl (C=O) groups is 1. The van der Waals surface area contributed by atoms with Crippen molar-refractivity contribution < 1.29 is 18.8 Å². The van der Waals surface area contributed by atoms with E-state index in [1.807, 2.05) is 6.92 Å². The molecule has 8 nitrogen and oxygen atoms in total. The van der Waals surface area contributed by atoms with E-state index in [0.29, 0.717) is 24.9 Å². The molecule has 0 saturated carbocycles. The van der Waals surface area contributed by atoms with Gasteiger partial charge in [-0.25, -0.2) is 14.8 Å². The predicted octanol–water partition coefficient (Wildman–Crippen LogP) is 1.90. The molecule has 2 heterocycles. The number of carbonyl (C=O) groups excluding carboxylic acids is 1. The molecule has 0 radical (unpaired) electrons. The summed E-state index contributed by atoms with van der Waals surface area (Å²) in [5.74, 6) is 1.41. The van der Waals surface area contributed by atoms with E-state index in [1.165, 1.54) is 0 Å². The molecule has 0 N–H and O–H groups in total.